The Kier molecular flexibility index (Phi) is 49.5. The molecule has 0 radical (unpaired) electrons. The summed E-state index contributed by atoms with van der Waals surface area (Å²) < 4.78 is 0. The highest BCUT2D eigenvalue weighted by atomic mass is 14.1. The van der Waals surface area contributed by atoms with Crippen LogP contribution in [-0.4, -0.2) is 0 Å². The summed E-state index contributed by atoms with van der Waals surface area (Å²) in [5, 5.41) is 0. The zero-order chi connectivity index (χ0) is 27.6. The largest absolute Gasteiger partial charge is 0.0683 e. The van der Waals surface area contributed by atoms with E-state index < -0.39 is 0 Å². The Balaban J connectivity index is -0.000000171. The number of unbranched alkanes of at least 4 members (excludes halogenated alkanes) is 5. The summed E-state index contributed by atoms with van der Waals surface area (Å²) in [5.41, 5.74) is 0. The maximum absolute atomic E-state index is 2.36. The summed E-state index contributed by atoms with van der Waals surface area (Å²) >= 11 is 0. The minimum Gasteiger partial charge on any atom is -0.0683 e. The summed E-state index contributed by atoms with van der Waals surface area (Å²) in [5.74, 6) is 3.11. The lowest BCUT2D eigenvalue weighted by atomic mass is 9.91. The van der Waals surface area contributed by atoms with E-state index in [9.17, 15) is 0 Å². The second-order valence-corrected chi connectivity index (χ2v) is 10.6. The van der Waals surface area contributed by atoms with Crippen molar-refractivity contribution in [1.82, 2.24) is 0 Å². The second-order valence-electron chi connectivity index (χ2n) is 10.6. The predicted octanol–water partition coefficient (Wildman–Crippen LogP) is 14.2. The van der Waals surface area contributed by atoms with E-state index in [1.54, 1.807) is 0 Å². The summed E-state index contributed by atoms with van der Waals surface area (Å²) in [4.78, 5) is 0. The Morgan fingerprint density at radius 2 is 0.543 bits per heavy atom. The topological polar surface area (TPSA) is 0 Å². The summed E-state index contributed by atoms with van der Waals surface area (Å²) in [6.45, 7) is 23.6. The van der Waals surface area contributed by atoms with E-state index in [0.29, 0.717) is 0 Å². The molecule has 3 saturated carbocycles. The molecule has 3 rings (SSSR count). The van der Waals surface area contributed by atoms with Crippen LogP contribution >= 0.6 is 0 Å². The highest BCUT2D eigenvalue weighted by Crippen LogP contribution is 2.23. The van der Waals surface area contributed by atoms with Gasteiger partial charge in [0.15, 0.2) is 0 Å². The third-order valence-electron chi connectivity index (χ3n) is 7.14. The molecule has 0 spiro atoms. The average molecular weight is 499 g/mol. The normalized spacial score (nSPS) is 17.9. The quantitative estimate of drug-likeness (QED) is 0.330. The first-order chi connectivity index (χ1) is 17.1. The molecule has 0 unspecified atom stereocenters. The van der Waals surface area contributed by atoms with E-state index in [2.05, 4.69) is 34.6 Å². The van der Waals surface area contributed by atoms with Gasteiger partial charge in [0.2, 0.25) is 0 Å². The third kappa shape index (κ3) is 41.4. The Labute approximate surface area is 228 Å². The van der Waals surface area contributed by atoms with E-state index >= 15 is 0 Å². The van der Waals surface area contributed by atoms with Crippen molar-refractivity contribution in [2.45, 2.75) is 211 Å². The van der Waals surface area contributed by atoms with Crippen LogP contribution in [-0.2, 0) is 0 Å². The summed E-state index contributed by atoms with van der Waals surface area (Å²) in [6.07, 6.45) is 30.8. The molecule has 0 aliphatic heterocycles. The van der Waals surface area contributed by atoms with Gasteiger partial charge in [0.1, 0.15) is 0 Å². The molecule has 0 bridgehead atoms. The van der Waals surface area contributed by atoms with Crippen molar-refractivity contribution in [3.8, 4) is 0 Å². The average Bonchev–Trinajstić information content (AvgIpc) is 2.93. The van der Waals surface area contributed by atoms with Gasteiger partial charge in [0.25, 0.3) is 0 Å². The van der Waals surface area contributed by atoms with Crippen LogP contribution in [0.5, 0.6) is 0 Å². The van der Waals surface area contributed by atoms with Crippen LogP contribution in [0.2, 0.25) is 0 Å². The molecule has 0 saturated heterocycles. The number of hydrogen-bond donors (Lipinski definition) is 0. The molecule has 0 nitrogen and oxygen atoms in total. The molecule has 3 aliphatic carbocycles. The monoisotopic (exact) mass is 499 g/mol. The van der Waals surface area contributed by atoms with Gasteiger partial charge in [0.05, 0.1) is 0 Å². The molecule has 0 aromatic heterocycles. The number of rotatable bonds is 5. The van der Waals surface area contributed by atoms with Gasteiger partial charge in [-0.25, -0.2) is 0 Å². The zero-order valence-corrected chi connectivity index (χ0v) is 27.6. The van der Waals surface area contributed by atoms with Crippen molar-refractivity contribution in [3.63, 3.8) is 0 Å². The zero-order valence-electron chi connectivity index (χ0n) is 27.6. The molecule has 3 aliphatic rings. The molecule has 3 fully saturated rings. The van der Waals surface area contributed by atoms with E-state index in [1.807, 2.05) is 41.5 Å². The first kappa shape index (κ1) is 42.1. The first-order valence-electron chi connectivity index (χ1n) is 17.1. The fourth-order valence-electron chi connectivity index (χ4n) is 4.77. The molecular weight excluding hydrogens is 420 g/mol. The van der Waals surface area contributed by atoms with Crippen LogP contribution in [0.25, 0.3) is 0 Å². The summed E-state index contributed by atoms with van der Waals surface area (Å²) in [6, 6.07) is 0. The van der Waals surface area contributed by atoms with Crippen LogP contribution in [0.15, 0.2) is 0 Å². The Hall–Kier alpha value is 0. The maximum atomic E-state index is 2.36. The lowest BCUT2D eigenvalue weighted by Gasteiger charge is -2.15. The van der Waals surface area contributed by atoms with Crippen LogP contribution in [0.1, 0.15) is 211 Å². The lowest BCUT2D eigenvalue weighted by Crippen LogP contribution is -1.99. The third-order valence-corrected chi connectivity index (χ3v) is 7.14. The van der Waals surface area contributed by atoms with Gasteiger partial charge in [-0.05, 0) is 17.8 Å². The van der Waals surface area contributed by atoms with Crippen LogP contribution < -0.4 is 0 Å². The van der Waals surface area contributed by atoms with Gasteiger partial charge in [-0.2, -0.15) is 0 Å². The van der Waals surface area contributed by atoms with Crippen molar-refractivity contribution < 1.29 is 0 Å². The SMILES string of the molecule is CC.CC.CC.CC1CCCCC1.CC1CCCCC1.CC1CCCCC1.CCCCCCCC. The first-order valence-corrected chi connectivity index (χ1v) is 17.1. The van der Waals surface area contributed by atoms with Gasteiger partial charge in [0, 0.05) is 0 Å². The predicted molar refractivity (Wildman–Crippen MR) is 170 cm³/mol. The van der Waals surface area contributed by atoms with E-state index in [-0.39, 0.29) is 0 Å². The Morgan fingerprint density at radius 1 is 0.343 bits per heavy atom. The highest BCUT2D eigenvalue weighted by molar-refractivity contribution is 4.60. The Morgan fingerprint density at radius 3 is 0.657 bits per heavy atom. The van der Waals surface area contributed by atoms with Crippen molar-refractivity contribution in [3.05, 3.63) is 0 Å². The molecule has 0 aromatic carbocycles. The standard InChI is InChI=1S/C8H18.3C7H14.3C2H6/c1-3-5-7-8-6-4-2;3*1-7-5-3-2-4-6-7;3*1-2/h3-8H2,1-2H3;3*7H,2-6H2,1H3;3*1-2H3. The van der Waals surface area contributed by atoms with Crippen LogP contribution in [0.4, 0.5) is 0 Å². The van der Waals surface area contributed by atoms with Crippen LogP contribution in [0.3, 0.4) is 0 Å². The fourth-order valence-corrected chi connectivity index (χ4v) is 4.77. The van der Waals surface area contributed by atoms with E-state index in [0.717, 1.165) is 17.8 Å². The van der Waals surface area contributed by atoms with Gasteiger partial charge in [-0.15, -0.1) is 0 Å². The number of hydrogen-bond acceptors (Lipinski definition) is 0. The van der Waals surface area contributed by atoms with Gasteiger partial charge >= 0.3 is 0 Å². The van der Waals surface area contributed by atoms with Crippen molar-refractivity contribution in [2.24, 2.45) is 17.8 Å². The van der Waals surface area contributed by atoms with E-state index in [4.69, 9.17) is 0 Å². The maximum Gasteiger partial charge on any atom is -0.0443 e. The molecule has 0 aromatic rings. The van der Waals surface area contributed by atoms with Crippen molar-refractivity contribution in [2.75, 3.05) is 0 Å². The molecule has 0 atom stereocenters. The van der Waals surface area contributed by atoms with Gasteiger partial charge < -0.3 is 0 Å². The minimum atomic E-state index is 1.04. The molecule has 218 valence electrons. The smallest absolute Gasteiger partial charge is 0.0443 e. The molecule has 0 N–H and O–H groups in total. The van der Waals surface area contributed by atoms with Gasteiger partial charge in [-0.1, -0.05) is 211 Å². The summed E-state index contributed by atoms with van der Waals surface area (Å²) in [7, 11) is 0. The molecule has 0 heteroatoms. The highest BCUT2D eigenvalue weighted by Gasteiger charge is 2.07. The fraction of sp³-hybridized carbons (Fsp3) is 1.00. The molecular formula is C35H78. The second kappa shape index (κ2) is 41.1. The molecule has 35 heavy (non-hydrogen) atoms. The lowest BCUT2D eigenvalue weighted by molar-refractivity contribution is 0.385. The van der Waals surface area contributed by atoms with Crippen LogP contribution in [0, 0.1) is 17.8 Å². The van der Waals surface area contributed by atoms with Crippen molar-refractivity contribution >= 4 is 0 Å². The Bertz CT molecular complexity index is 232. The van der Waals surface area contributed by atoms with Crippen molar-refractivity contribution in [1.29, 1.82) is 0 Å². The van der Waals surface area contributed by atoms with E-state index in [1.165, 1.54) is 135 Å². The molecule has 0 amide bonds. The molecule has 0 heterocycles. The minimum absolute atomic E-state index is 1.04. The van der Waals surface area contributed by atoms with Gasteiger partial charge in [-0.3, -0.25) is 0 Å².